The maximum absolute atomic E-state index is 10.9. The van der Waals surface area contributed by atoms with E-state index in [4.69, 9.17) is 28.4 Å². The Morgan fingerprint density at radius 2 is 1.16 bits per heavy atom. The Labute approximate surface area is 189 Å². The van der Waals surface area contributed by atoms with Crippen LogP contribution in [0.15, 0.2) is 90.6 Å². The van der Waals surface area contributed by atoms with Crippen molar-refractivity contribution in [3.8, 4) is 22.3 Å². The number of nitrogens with zero attached hydrogens (tertiary/aromatic N) is 3. The Hall–Kier alpha value is -3.54. The number of hydrogen-bond acceptors (Lipinski definition) is 5. The van der Waals surface area contributed by atoms with Gasteiger partial charge in [0, 0.05) is 35.9 Å². The van der Waals surface area contributed by atoms with Gasteiger partial charge in [0.25, 0.3) is 0 Å². The number of aldehydes is 1. The second-order valence-corrected chi connectivity index (χ2v) is 7.05. The van der Waals surface area contributed by atoms with Crippen molar-refractivity contribution in [3.63, 3.8) is 0 Å². The molecule has 0 spiro atoms. The summed E-state index contributed by atoms with van der Waals surface area (Å²) >= 11 is 12.0. The third kappa shape index (κ3) is 5.54. The van der Waals surface area contributed by atoms with Crippen LogP contribution in [0.2, 0.25) is 10.0 Å². The summed E-state index contributed by atoms with van der Waals surface area (Å²) in [6, 6.07) is 18.4. The van der Waals surface area contributed by atoms with Gasteiger partial charge in [0.2, 0.25) is 0 Å². The number of rotatable bonds is 4. The molecule has 2 aromatic carbocycles. The Kier molecular flexibility index (Phi) is 7.87. The Morgan fingerprint density at radius 1 is 0.710 bits per heavy atom. The number of carbonyl (C=O) groups is 1. The molecule has 0 aliphatic carbocycles. The van der Waals surface area contributed by atoms with Crippen molar-refractivity contribution < 1.29 is 10.0 Å². The number of pyridine rings is 2. The third-order valence-corrected chi connectivity index (χ3v) is 5.05. The lowest BCUT2D eigenvalue weighted by Gasteiger charge is -2.06. The molecular weight excluding hydrogens is 433 g/mol. The molecule has 0 fully saturated rings. The van der Waals surface area contributed by atoms with Gasteiger partial charge in [-0.3, -0.25) is 14.8 Å². The van der Waals surface area contributed by atoms with Crippen LogP contribution < -0.4 is 0 Å². The lowest BCUT2D eigenvalue weighted by molar-refractivity contribution is 0.112. The van der Waals surface area contributed by atoms with Gasteiger partial charge in [0.1, 0.15) is 0 Å². The van der Waals surface area contributed by atoms with Crippen molar-refractivity contribution in [1.82, 2.24) is 9.97 Å². The maximum atomic E-state index is 10.9. The van der Waals surface area contributed by atoms with E-state index in [1.807, 2.05) is 48.5 Å². The molecule has 0 unspecified atom stereocenters. The van der Waals surface area contributed by atoms with E-state index >= 15 is 0 Å². The first-order valence-corrected chi connectivity index (χ1v) is 9.91. The van der Waals surface area contributed by atoms with Gasteiger partial charge in [-0.25, -0.2) is 0 Å². The lowest BCUT2D eigenvalue weighted by Crippen LogP contribution is -1.89. The lowest BCUT2D eigenvalue weighted by atomic mass is 10.0. The molecular formula is C24H17Cl2N3O2. The molecule has 4 rings (SSSR count). The van der Waals surface area contributed by atoms with Gasteiger partial charge in [-0.15, -0.1) is 0 Å². The molecule has 5 nitrogen and oxygen atoms in total. The van der Waals surface area contributed by atoms with Crippen molar-refractivity contribution in [2.24, 2.45) is 5.16 Å². The predicted molar refractivity (Wildman–Crippen MR) is 124 cm³/mol. The molecule has 0 amide bonds. The van der Waals surface area contributed by atoms with Crippen LogP contribution >= 0.6 is 23.2 Å². The van der Waals surface area contributed by atoms with Gasteiger partial charge in [-0.2, -0.15) is 0 Å². The van der Waals surface area contributed by atoms with E-state index in [9.17, 15) is 4.79 Å². The summed E-state index contributed by atoms with van der Waals surface area (Å²) in [6.07, 6.45) is 8.89. The highest BCUT2D eigenvalue weighted by atomic mass is 35.5. The first-order chi connectivity index (χ1) is 15.2. The fourth-order valence-electron chi connectivity index (χ4n) is 2.95. The average Bonchev–Trinajstić information content (AvgIpc) is 2.82. The van der Waals surface area contributed by atoms with Crippen LogP contribution in [-0.4, -0.2) is 27.7 Å². The number of aromatic nitrogens is 2. The van der Waals surface area contributed by atoms with E-state index < -0.39 is 0 Å². The summed E-state index contributed by atoms with van der Waals surface area (Å²) in [4.78, 5) is 18.8. The van der Waals surface area contributed by atoms with Crippen molar-refractivity contribution in [2.45, 2.75) is 0 Å². The largest absolute Gasteiger partial charge is 0.411 e. The molecule has 0 radical (unpaired) electrons. The molecule has 2 aromatic heterocycles. The van der Waals surface area contributed by atoms with Gasteiger partial charge >= 0.3 is 0 Å². The van der Waals surface area contributed by atoms with Crippen molar-refractivity contribution >= 4 is 35.7 Å². The zero-order valence-corrected chi connectivity index (χ0v) is 17.7. The second kappa shape index (κ2) is 11.0. The van der Waals surface area contributed by atoms with Gasteiger partial charge in [0.15, 0.2) is 6.29 Å². The Balaban J connectivity index is 0.000000176. The molecule has 1 N–H and O–H groups in total. The van der Waals surface area contributed by atoms with Crippen LogP contribution in [-0.2, 0) is 0 Å². The summed E-state index contributed by atoms with van der Waals surface area (Å²) in [5, 5.41) is 12.7. The first-order valence-electron chi connectivity index (χ1n) is 9.16. The zero-order valence-electron chi connectivity index (χ0n) is 16.2. The summed E-state index contributed by atoms with van der Waals surface area (Å²) in [7, 11) is 0. The van der Waals surface area contributed by atoms with E-state index in [1.54, 1.807) is 36.9 Å². The molecule has 7 heteroatoms. The van der Waals surface area contributed by atoms with Gasteiger partial charge < -0.3 is 5.21 Å². The number of halogens is 2. The number of benzene rings is 2. The smallest absolute Gasteiger partial charge is 0.152 e. The highest BCUT2D eigenvalue weighted by Crippen LogP contribution is 2.28. The molecule has 0 bridgehead atoms. The van der Waals surface area contributed by atoms with E-state index in [0.29, 0.717) is 21.2 Å². The fourth-order valence-corrected chi connectivity index (χ4v) is 3.39. The van der Waals surface area contributed by atoms with Gasteiger partial charge in [-0.05, 0) is 58.7 Å². The quantitative estimate of drug-likeness (QED) is 0.168. The number of hydrogen-bond donors (Lipinski definition) is 1. The van der Waals surface area contributed by atoms with Crippen LogP contribution in [0, 0.1) is 0 Å². The van der Waals surface area contributed by atoms with Crippen molar-refractivity contribution in [1.29, 1.82) is 0 Å². The van der Waals surface area contributed by atoms with Crippen molar-refractivity contribution in [2.75, 3.05) is 0 Å². The normalized spacial score (nSPS) is 10.4. The van der Waals surface area contributed by atoms with Crippen LogP contribution in [0.1, 0.15) is 15.9 Å². The third-order valence-electron chi connectivity index (χ3n) is 4.39. The number of oxime groups is 1. The molecule has 2 heterocycles. The first kappa shape index (κ1) is 22.2. The molecule has 0 saturated carbocycles. The minimum absolute atomic E-state index is 0.472. The topological polar surface area (TPSA) is 75.4 Å². The van der Waals surface area contributed by atoms with Gasteiger partial charge in [0.05, 0.1) is 16.3 Å². The van der Waals surface area contributed by atoms with E-state index in [0.717, 1.165) is 28.5 Å². The zero-order chi connectivity index (χ0) is 22.1. The van der Waals surface area contributed by atoms with E-state index in [1.165, 1.54) is 6.21 Å². The van der Waals surface area contributed by atoms with E-state index in [-0.39, 0.29) is 0 Å². The summed E-state index contributed by atoms with van der Waals surface area (Å²) in [5.74, 6) is 0. The highest BCUT2D eigenvalue weighted by molar-refractivity contribution is 6.34. The molecule has 0 atom stereocenters. The predicted octanol–water partition coefficient (Wildman–Crippen LogP) is 6.42. The molecule has 0 aliphatic rings. The molecule has 0 saturated heterocycles. The number of carbonyl (C=O) groups excluding carboxylic acids is 1. The molecule has 4 aromatic rings. The van der Waals surface area contributed by atoms with Crippen LogP contribution in [0.25, 0.3) is 22.3 Å². The fraction of sp³-hybridized carbons (Fsp3) is 0. The maximum Gasteiger partial charge on any atom is 0.152 e. The summed E-state index contributed by atoms with van der Waals surface area (Å²) in [6.45, 7) is 0. The molecule has 154 valence electrons. The second-order valence-electron chi connectivity index (χ2n) is 6.24. The SMILES string of the molecule is O=Cc1c(Cl)cccc1-c1ccncc1.ON=Cc1c(Cl)cccc1-c1ccncc1. The van der Waals surface area contributed by atoms with E-state index in [2.05, 4.69) is 15.1 Å². The minimum Gasteiger partial charge on any atom is -0.411 e. The Bertz CT molecular complexity index is 1180. The standard InChI is InChI=1S/C12H9ClN2O.C12H8ClNO/c13-12-3-1-2-10(11(12)8-15-16)9-4-6-14-7-5-9;13-12-3-1-2-10(11(12)8-15)9-4-6-14-7-5-9/h1-8,16H;1-8H. The van der Waals surface area contributed by atoms with Crippen LogP contribution in [0.5, 0.6) is 0 Å². The summed E-state index contributed by atoms with van der Waals surface area (Å²) in [5.41, 5.74) is 4.87. The highest BCUT2D eigenvalue weighted by Gasteiger charge is 2.08. The van der Waals surface area contributed by atoms with Gasteiger partial charge in [-0.1, -0.05) is 52.6 Å². The Morgan fingerprint density at radius 3 is 1.61 bits per heavy atom. The van der Waals surface area contributed by atoms with Crippen molar-refractivity contribution in [3.05, 3.63) is 107 Å². The molecule has 0 aliphatic heterocycles. The average molecular weight is 450 g/mol. The van der Waals surface area contributed by atoms with Crippen LogP contribution in [0.4, 0.5) is 0 Å². The molecule has 31 heavy (non-hydrogen) atoms. The van der Waals surface area contributed by atoms with Crippen LogP contribution in [0.3, 0.4) is 0 Å². The monoisotopic (exact) mass is 449 g/mol. The minimum atomic E-state index is 0.472. The summed E-state index contributed by atoms with van der Waals surface area (Å²) < 4.78 is 0.